The van der Waals surface area contributed by atoms with E-state index in [4.69, 9.17) is 33.1 Å². The highest BCUT2D eigenvalue weighted by atomic mass is 79.9. The van der Waals surface area contributed by atoms with Gasteiger partial charge < -0.3 is 4.74 Å². The molecule has 1 aromatic carbocycles. The van der Waals surface area contributed by atoms with Crippen LogP contribution in [-0.4, -0.2) is 20.8 Å². The topological polar surface area (TPSA) is 69.4 Å². The van der Waals surface area contributed by atoms with E-state index in [-0.39, 0.29) is 11.7 Å². The second-order valence-electron chi connectivity index (χ2n) is 4.59. The number of nitrogens with two attached hydrogens (primary N) is 1. The van der Waals surface area contributed by atoms with Crippen molar-refractivity contribution in [1.29, 1.82) is 0 Å². The molecule has 0 spiro atoms. The van der Waals surface area contributed by atoms with Crippen molar-refractivity contribution < 1.29 is 13.2 Å². The van der Waals surface area contributed by atoms with Gasteiger partial charge in [0, 0.05) is 10.5 Å². The van der Waals surface area contributed by atoms with E-state index in [0.717, 1.165) is 0 Å². The molecule has 0 aliphatic heterocycles. The van der Waals surface area contributed by atoms with E-state index < -0.39 is 10.0 Å². The maximum atomic E-state index is 10.9. The Labute approximate surface area is 137 Å². The predicted molar refractivity (Wildman–Crippen MR) is 86.0 cm³/mol. The molecule has 1 atom stereocenters. The Morgan fingerprint density at radius 1 is 1.30 bits per heavy atom. The lowest BCUT2D eigenvalue weighted by Crippen LogP contribution is -2.18. The molecule has 0 saturated carbocycles. The van der Waals surface area contributed by atoms with E-state index in [1.54, 1.807) is 12.1 Å². The van der Waals surface area contributed by atoms with E-state index in [1.165, 1.54) is 0 Å². The van der Waals surface area contributed by atoms with E-state index in [0.29, 0.717) is 39.7 Å². The highest BCUT2D eigenvalue weighted by Crippen LogP contribution is 2.34. The molecule has 0 fully saturated rings. The maximum Gasteiger partial charge on any atom is 0.209 e. The van der Waals surface area contributed by atoms with Crippen LogP contribution in [-0.2, 0) is 10.0 Å². The lowest BCUT2D eigenvalue weighted by molar-refractivity contribution is 0.282. The summed E-state index contributed by atoms with van der Waals surface area (Å²) in [7, 11) is -3.40. The molecule has 1 unspecified atom stereocenters. The third-order valence-corrected chi connectivity index (χ3v) is 5.04. The van der Waals surface area contributed by atoms with Gasteiger partial charge >= 0.3 is 0 Å². The Bertz CT molecular complexity index is 566. The van der Waals surface area contributed by atoms with Crippen LogP contribution in [0.15, 0.2) is 16.6 Å². The van der Waals surface area contributed by atoms with Crippen molar-refractivity contribution in [2.75, 3.05) is 12.4 Å². The van der Waals surface area contributed by atoms with Crippen LogP contribution in [0.25, 0.3) is 0 Å². The molecular formula is C12H16BrCl2NO3S. The summed E-state index contributed by atoms with van der Waals surface area (Å²) in [5.41, 5.74) is 0. The van der Waals surface area contributed by atoms with E-state index in [1.807, 2.05) is 6.92 Å². The van der Waals surface area contributed by atoms with Crippen molar-refractivity contribution in [1.82, 2.24) is 0 Å². The third kappa shape index (κ3) is 6.63. The zero-order valence-corrected chi connectivity index (χ0v) is 14.8. The van der Waals surface area contributed by atoms with Crippen LogP contribution in [0.1, 0.15) is 19.8 Å². The Morgan fingerprint density at radius 3 is 2.55 bits per heavy atom. The summed E-state index contributed by atoms with van der Waals surface area (Å²) in [4.78, 5) is 0. The van der Waals surface area contributed by atoms with Gasteiger partial charge in [0.25, 0.3) is 0 Å². The van der Waals surface area contributed by atoms with Crippen LogP contribution in [0.4, 0.5) is 0 Å². The Morgan fingerprint density at radius 2 is 1.95 bits per heavy atom. The summed E-state index contributed by atoms with van der Waals surface area (Å²) in [6, 6.07) is 3.31. The first-order valence-corrected chi connectivity index (χ1v) is 9.23. The second-order valence-corrected chi connectivity index (χ2v) is 8.00. The van der Waals surface area contributed by atoms with Crippen LogP contribution in [0.3, 0.4) is 0 Å². The standard InChI is InChI=1S/C12H16BrCl2NO3S/c1-8(3-5-20(16,17)18)2-4-19-12-7-10(14)9(13)6-11(12)15/h6-8H,2-5H2,1H3,(H2,16,17,18). The molecule has 1 rings (SSSR count). The van der Waals surface area contributed by atoms with Gasteiger partial charge in [-0.05, 0) is 40.8 Å². The Kier molecular flexibility index (Phi) is 7.08. The molecular weight excluding hydrogens is 389 g/mol. The van der Waals surface area contributed by atoms with Gasteiger partial charge in [-0.1, -0.05) is 30.1 Å². The summed E-state index contributed by atoms with van der Waals surface area (Å²) in [6.07, 6.45) is 1.22. The fraction of sp³-hybridized carbons (Fsp3) is 0.500. The van der Waals surface area contributed by atoms with Crippen LogP contribution >= 0.6 is 39.1 Å². The van der Waals surface area contributed by atoms with Crippen molar-refractivity contribution in [2.45, 2.75) is 19.8 Å². The van der Waals surface area contributed by atoms with Gasteiger partial charge in [0.1, 0.15) is 5.75 Å². The molecule has 0 radical (unpaired) electrons. The monoisotopic (exact) mass is 403 g/mol. The quantitative estimate of drug-likeness (QED) is 0.701. The summed E-state index contributed by atoms with van der Waals surface area (Å²) < 4.78 is 28.0. The maximum absolute atomic E-state index is 10.9. The van der Waals surface area contributed by atoms with Crippen molar-refractivity contribution in [3.63, 3.8) is 0 Å². The average Bonchev–Trinajstić information content (AvgIpc) is 2.32. The van der Waals surface area contributed by atoms with Gasteiger partial charge in [0.15, 0.2) is 0 Å². The smallest absolute Gasteiger partial charge is 0.209 e. The summed E-state index contributed by atoms with van der Waals surface area (Å²) in [6.45, 7) is 2.38. The lowest BCUT2D eigenvalue weighted by atomic mass is 10.1. The summed E-state index contributed by atoms with van der Waals surface area (Å²) >= 11 is 15.3. The van der Waals surface area contributed by atoms with Crippen LogP contribution in [0, 0.1) is 5.92 Å². The van der Waals surface area contributed by atoms with Crippen LogP contribution in [0.2, 0.25) is 10.0 Å². The minimum absolute atomic E-state index is 0.0148. The van der Waals surface area contributed by atoms with E-state index in [9.17, 15) is 8.42 Å². The van der Waals surface area contributed by atoms with Gasteiger partial charge in [0.2, 0.25) is 10.0 Å². The minimum Gasteiger partial charge on any atom is -0.492 e. The van der Waals surface area contributed by atoms with Gasteiger partial charge in [-0.3, -0.25) is 0 Å². The average molecular weight is 405 g/mol. The molecule has 0 aromatic heterocycles. The van der Waals surface area contributed by atoms with Gasteiger partial charge in [-0.25, -0.2) is 13.6 Å². The number of sulfonamides is 1. The molecule has 0 saturated heterocycles. The van der Waals surface area contributed by atoms with Crippen molar-refractivity contribution >= 4 is 49.2 Å². The third-order valence-electron chi connectivity index (χ3n) is 2.74. The molecule has 1 aromatic rings. The molecule has 0 aliphatic rings. The van der Waals surface area contributed by atoms with Crippen LogP contribution < -0.4 is 9.88 Å². The molecule has 0 aliphatic carbocycles. The molecule has 20 heavy (non-hydrogen) atoms. The fourth-order valence-electron chi connectivity index (χ4n) is 1.49. The number of primary sulfonamides is 1. The zero-order chi connectivity index (χ0) is 15.3. The number of halogens is 3. The summed E-state index contributed by atoms with van der Waals surface area (Å²) in [5.74, 6) is 0.690. The fourth-order valence-corrected chi connectivity index (χ4v) is 3.07. The zero-order valence-electron chi connectivity index (χ0n) is 10.9. The second kappa shape index (κ2) is 7.84. The van der Waals surface area contributed by atoms with Crippen molar-refractivity contribution in [3.8, 4) is 5.75 Å². The molecule has 0 heterocycles. The molecule has 4 nitrogen and oxygen atoms in total. The molecule has 8 heteroatoms. The highest BCUT2D eigenvalue weighted by molar-refractivity contribution is 9.10. The van der Waals surface area contributed by atoms with E-state index in [2.05, 4.69) is 15.9 Å². The number of ether oxygens (including phenoxy) is 1. The number of hydrogen-bond acceptors (Lipinski definition) is 3. The molecule has 0 amide bonds. The van der Waals surface area contributed by atoms with Gasteiger partial charge in [-0.2, -0.15) is 0 Å². The normalized spacial score (nSPS) is 13.2. The molecule has 2 N–H and O–H groups in total. The molecule has 114 valence electrons. The predicted octanol–water partition coefficient (Wildman–Crippen LogP) is 3.84. The number of benzene rings is 1. The Hall–Kier alpha value is -0.0100. The first-order valence-electron chi connectivity index (χ1n) is 5.97. The van der Waals surface area contributed by atoms with Crippen molar-refractivity contribution in [3.05, 3.63) is 26.7 Å². The van der Waals surface area contributed by atoms with Crippen molar-refractivity contribution in [2.24, 2.45) is 11.1 Å². The Balaban J connectivity index is 2.43. The first kappa shape index (κ1) is 18.0. The molecule has 0 bridgehead atoms. The first-order chi connectivity index (χ1) is 9.19. The number of rotatable bonds is 7. The van der Waals surface area contributed by atoms with E-state index >= 15 is 0 Å². The number of hydrogen-bond donors (Lipinski definition) is 1. The summed E-state index contributed by atoms with van der Waals surface area (Å²) in [5, 5.41) is 5.95. The largest absolute Gasteiger partial charge is 0.492 e. The SMILES string of the molecule is CC(CCOc1cc(Cl)c(Br)cc1Cl)CCS(N)(=O)=O. The van der Waals surface area contributed by atoms with Gasteiger partial charge in [-0.15, -0.1) is 0 Å². The highest BCUT2D eigenvalue weighted by Gasteiger charge is 2.10. The van der Waals surface area contributed by atoms with Crippen LogP contribution in [0.5, 0.6) is 5.75 Å². The lowest BCUT2D eigenvalue weighted by Gasteiger charge is -2.13. The minimum atomic E-state index is -3.40. The van der Waals surface area contributed by atoms with Gasteiger partial charge in [0.05, 0.1) is 22.4 Å².